The van der Waals surface area contributed by atoms with Gasteiger partial charge in [-0.15, -0.1) is 0 Å². The van der Waals surface area contributed by atoms with E-state index in [0.717, 1.165) is 18.2 Å². The molecule has 3 heteroatoms. The molecule has 0 N–H and O–H groups in total. The first-order valence-corrected chi connectivity index (χ1v) is 11.6. The van der Waals surface area contributed by atoms with Gasteiger partial charge in [0.25, 0.3) is 0 Å². The third kappa shape index (κ3) is 5.12. The fourth-order valence-electron chi connectivity index (χ4n) is 4.29. The zero-order valence-corrected chi connectivity index (χ0v) is 18.9. The molecule has 0 spiro atoms. The normalized spacial score (nSPS) is 11.0. The van der Waals surface area contributed by atoms with E-state index in [1.807, 2.05) is 18.2 Å². The summed E-state index contributed by atoms with van der Waals surface area (Å²) in [5.74, 6) is -0.748. The maximum Gasteiger partial charge on any atom is 0.138 e. The molecule has 0 fully saturated rings. The van der Waals surface area contributed by atoms with Gasteiger partial charge in [0.1, 0.15) is 11.6 Å². The topological polar surface area (TPSA) is 23.8 Å². The fourth-order valence-corrected chi connectivity index (χ4v) is 4.29. The Morgan fingerprint density at radius 1 is 0.727 bits per heavy atom. The molecule has 0 bridgehead atoms. The van der Waals surface area contributed by atoms with Crippen LogP contribution in [0.15, 0.2) is 72.8 Å². The van der Waals surface area contributed by atoms with E-state index in [4.69, 9.17) is 5.26 Å². The number of aryl methyl sites for hydroxylation is 1. The third-order valence-corrected chi connectivity index (χ3v) is 6.19. The van der Waals surface area contributed by atoms with Gasteiger partial charge in [0.15, 0.2) is 0 Å². The molecule has 0 saturated carbocycles. The first kappa shape index (κ1) is 22.7. The number of hydrogen-bond donors (Lipinski definition) is 0. The molecular formula is C30H27F2N. The second-order valence-corrected chi connectivity index (χ2v) is 8.53. The van der Waals surface area contributed by atoms with Crippen molar-refractivity contribution < 1.29 is 8.78 Å². The van der Waals surface area contributed by atoms with E-state index in [1.54, 1.807) is 42.5 Å². The first-order valence-electron chi connectivity index (χ1n) is 11.6. The van der Waals surface area contributed by atoms with Crippen LogP contribution in [-0.2, 0) is 6.42 Å². The highest BCUT2D eigenvalue weighted by Crippen LogP contribution is 2.33. The van der Waals surface area contributed by atoms with E-state index >= 15 is 4.39 Å². The number of fused-ring (bicyclic) bond motifs is 1. The van der Waals surface area contributed by atoms with Crippen molar-refractivity contribution in [2.24, 2.45) is 0 Å². The Morgan fingerprint density at radius 2 is 1.45 bits per heavy atom. The molecule has 33 heavy (non-hydrogen) atoms. The minimum atomic E-state index is -0.421. The zero-order chi connectivity index (χ0) is 23.2. The summed E-state index contributed by atoms with van der Waals surface area (Å²) in [6, 6.07) is 23.2. The number of hydrogen-bond acceptors (Lipinski definition) is 1. The molecule has 0 heterocycles. The van der Waals surface area contributed by atoms with Gasteiger partial charge in [0, 0.05) is 16.5 Å². The third-order valence-electron chi connectivity index (χ3n) is 6.19. The fraction of sp³-hybridized carbons (Fsp3) is 0.233. The zero-order valence-electron chi connectivity index (χ0n) is 18.9. The van der Waals surface area contributed by atoms with Crippen molar-refractivity contribution in [3.05, 3.63) is 95.6 Å². The molecule has 4 rings (SSSR count). The van der Waals surface area contributed by atoms with Crippen molar-refractivity contribution in [1.82, 2.24) is 0 Å². The number of benzene rings is 4. The van der Waals surface area contributed by atoms with Gasteiger partial charge in [0.2, 0.25) is 0 Å². The second-order valence-electron chi connectivity index (χ2n) is 8.53. The highest BCUT2D eigenvalue weighted by Gasteiger charge is 2.13. The Hall–Kier alpha value is -3.51. The lowest BCUT2D eigenvalue weighted by molar-refractivity contribution is 0.630. The monoisotopic (exact) mass is 439 g/mol. The van der Waals surface area contributed by atoms with E-state index in [-0.39, 0.29) is 5.82 Å². The number of halogens is 2. The molecule has 0 aliphatic carbocycles. The van der Waals surface area contributed by atoms with Gasteiger partial charge in [0.05, 0.1) is 11.6 Å². The van der Waals surface area contributed by atoms with Crippen LogP contribution in [-0.4, -0.2) is 0 Å². The molecule has 1 nitrogen and oxygen atoms in total. The van der Waals surface area contributed by atoms with Crippen LogP contribution in [0.4, 0.5) is 8.78 Å². The second kappa shape index (κ2) is 10.4. The minimum absolute atomic E-state index is 0.326. The Labute approximate surface area is 194 Å². The largest absolute Gasteiger partial charge is 0.206 e. The van der Waals surface area contributed by atoms with E-state index in [2.05, 4.69) is 19.1 Å². The average Bonchev–Trinajstić information content (AvgIpc) is 2.84. The lowest BCUT2D eigenvalue weighted by atomic mass is 9.95. The summed E-state index contributed by atoms with van der Waals surface area (Å²) >= 11 is 0. The van der Waals surface area contributed by atoms with Gasteiger partial charge in [-0.2, -0.15) is 5.26 Å². The molecule has 0 amide bonds. The highest BCUT2D eigenvalue weighted by atomic mass is 19.1. The van der Waals surface area contributed by atoms with E-state index in [9.17, 15) is 4.39 Å². The van der Waals surface area contributed by atoms with Crippen LogP contribution in [0.25, 0.3) is 33.0 Å². The molecule has 4 aromatic carbocycles. The van der Waals surface area contributed by atoms with E-state index in [0.29, 0.717) is 33.2 Å². The standard InChI is InChI=1S/C30H27F2N/c1-2-3-4-5-6-7-21-10-15-27-24(18-21)14-17-28(30(27)32)25-13-16-26(29(31)19-25)23-11-8-22(20-33)9-12-23/h8-19H,2-7H2,1H3. The van der Waals surface area contributed by atoms with Crippen LogP contribution in [0.5, 0.6) is 0 Å². The van der Waals surface area contributed by atoms with Crippen LogP contribution in [0.3, 0.4) is 0 Å². The summed E-state index contributed by atoms with van der Waals surface area (Å²) < 4.78 is 30.3. The molecule has 4 aromatic rings. The Morgan fingerprint density at radius 3 is 2.18 bits per heavy atom. The number of nitrogens with zero attached hydrogens (tertiary/aromatic N) is 1. The number of unbranched alkanes of at least 4 members (excludes halogenated alkanes) is 4. The maximum absolute atomic E-state index is 15.4. The van der Waals surface area contributed by atoms with Crippen molar-refractivity contribution in [1.29, 1.82) is 5.26 Å². The van der Waals surface area contributed by atoms with Gasteiger partial charge in [-0.1, -0.05) is 87.2 Å². The summed E-state index contributed by atoms with van der Waals surface area (Å²) in [6.07, 6.45) is 7.16. The van der Waals surface area contributed by atoms with Gasteiger partial charge >= 0.3 is 0 Å². The first-order chi connectivity index (χ1) is 16.1. The van der Waals surface area contributed by atoms with E-state index < -0.39 is 5.82 Å². The molecule has 0 aliphatic rings. The van der Waals surface area contributed by atoms with Crippen LogP contribution in [0.2, 0.25) is 0 Å². The summed E-state index contributed by atoms with van der Waals surface area (Å²) in [6.45, 7) is 2.21. The van der Waals surface area contributed by atoms with Crippen LogP contribution in [0.1, 0.15) is 50.2 Å². The van der Waals surface area contributed by atoms with E-state index in [1.165, 1.54) is 37.3 Å². The smallest absolute Gasteiger partial charge is 0.138 e. The minimum Gasteiger partial charge on any atom is -0.206 e. The Balaban J connectivity index is 1.57. The SMILES string of the molecule is CCCCCCCc1ccc2c(F)c(-c3ccc(-c4ccc(C#N)cc4)c(F)c3)ccc2c1. The Bertz CT molecular complexity index is 1300. The van der Waals surface area contributed by atoms with Crippen molar-refractivity contribution >= 4 is 10.8 Å². The molecule has 166 valence electrons. The quantitative estimate of drug-likeness (QED) is 0.252. The van der Waals surface area contributed by atoms with Gasteiger partial charge in [-0.05, 0) is 53.1 Å². The van der Waals surface area contributed by atoms with Crippen LogP contribution < -0.4 is 0 Å². The summed E-state index contributed by atoms with van der Waals surface area (Å²) in [5.41, 5.74) is 3.74. The number of rotatable bonds is 8. The molecule has 0 unspecified atom stereocenters. The lowest BCUT2D eigenvalue weighted by Crippen LogP contribution is -1.92. The average molecular weight is 440 g/mol. The molecule has 0 saturated heterocycles. The van der Waals surface area contributed by atoms with Gasteiger partial charge < -0.3 is 0 Å². The highest BCUT2D eigenvalue weighted by molar-refractivity contribution is 5.89. The van der Waals surface area contributed by atoms with Gasteiger partial charge in [-0.25, -0.2) is 8.78 Å². The maximum atomic E-state index is 15.4. The van der Waals surface area contributed by atoms with Crippen LogP contribution >= 0.6 is 0 Å². The number of nitriles is 1. The van der Waals surface area contributed by atoms with Crippen molar-refractivity contribution in [3.63, 3.8) is 0 Å². The summed E-state index contributed by atoms with van der Waals surface area (Å²) in [5, 5.41) is 10.4. The van der Waals surface area contributed by atoms with Crippen LogP contribution in [0, 0.1) is 23.0 Å². The van der Waals surface area contributed by atoms with Gasteiger partial charge in [-0.3, -0.25) is 0 Å². The molecule has 0 atom stereocenters. The lowest BCUT2D eigenvalue weighted by Gasteiger charge is -2.11. The molecular weight excluding hydrogens is 412 g/mol. The summed E-state index contributed by atoms with van der Waals surface area (Å²) in [4.78, 5) is 0. The predicted molar refractivity (Wildman–Crippen MR) is 132 cm³/mol. The van der Waals surface area contributed by atoms with Crippen molar-refractivity contribution in [3.8, 4) is 28.3 Å². The van der Waals surface area contributed by atoms with Crippen molar-refractivity contribution in [2.45, 2.75) is 45.4 Å². The van der Waals surface area contributed by atoms with Crippen molar-refractivity contribution in [2.75, 3.05) is 0 Å². The Kier molecular flexibility index (Phi) is 7.15. The molecule has 0 aromatic heterocycles. The molecule has 0 radical (unpaired) electrons. The summed E-state index contributed by atoms with van der Waals surface area (Å²) in [7, 11) is 0. The molecule has 0 aliphatic heterocycles. The predicted octanol–water partition coefficient (Wildman–Crippen LogP) is 8.84.